The molecule has 0 aliphatic heterocycles. The number of ketones is 1. The lowest BCUT2D eigenvalue weighted by Gasteiger charge is -2.57. The van der Waals surface area contributed by atoms with Gasteiger partial charge in [-0.1, -0.05) is 13.8 Å². The van der Waals surface area contributed by atoms with E-state index < -0.39 is 5.60 Å². The Morgan fingerprint density at radius 2 is 1.90 bits per heavy atom. The fraction of sp³-hybridized carbons (Fsp3) is 0.917. The summed E-state index contributed by atoms with van der Waals surface area (Å²) in [5.74, 6) is 4.87. The molecule has 6 heteroatoms. The molecule has 0 aromatic carbocycles. The average molecular weight is 415 g/mol. The molecule has 30 heavy (non-hydrogen) atoms. The van der Waals surface area contributed by atoms with Crippen molar-refractivity contribution >= 4 is 5.78 Å². The Kier molecular flexibility index (Phi) is 5.07. The van der Waals surface area contributed by atoms with E-state index in [2.05, 4.69) is 29.3 Å². The number of fused-ring (bicyclic) bond motifs is 5. The molecule has 4 fully saturated rings. The quantitative estimate of drug-likeness (QED) is 0.806. The molecule has 0 spiro atoms. The number of aliphatic hydroxyl groups is 1. The molecular weight excluding hydrogens is 376 g/mol. The first-order valence-electron chi connectivity index (χ1n) is 12.3. The topological polar surface area (TPSA) is 80.9 Å². The van der Waals surface area contributed by atoms with Crippen LogP contribution in [0.3, 0.4) is 0 Å². The first kappa shape index (κ1) is 20.6. The Bertz CT molecular complexity index is 809. The normalized spacial score (nSPS) is 45.5. The zero-order valence-electron chi connectivity index (χ0n) is 18.9. The smallest absolute Gasteiger partial charge is 0.171 e. The second-order valence-electron chi connectivity index (χ2n) is 11.3. The maximum Gasteiger partial charge on any atom is 0.171 e. The third-order valence-corrected chi connectivity index (χ3v) is 10.0. The van der Waals surface area contributed by atoms with Crippen molar-refractivity contribution in [3.8, 4) is 0 Å². The summed E-state index contributed by atoms with van der Waals surface area (Å²) < 4.78 is 0. The van der Waals surface area contributed by atoms with Gasteiger partial charge in [-0.25, -0.2) is 0 Å². The molecule has 0 amide bonds. The molecule has 0 unspecified atom stereocenters. The van der Waals surface area contributed by atoms with Crippen molar-refractivity contribution in [3.63, 3.8) is 0 Å². The second-order valence-corrected chi connectivity index (χ2v) is 11.3. The Morgan fingerprint density at radius 1 is 1.10 bits per heavy atom. The number of carbonyl (C=O) groups is 1. The van der Waals surface area contributed by atoms with Gasteiger partial charge in [-0.05, 0) is 111 Å². The maximum atomic E-state index is 13.2. The van der Waals surface area contributed by atoms with Gasteiger partial charge >= 0.3 is 0 Å². The molecule has 0 bridgehead atoms. The third kappa shape index (κ3) is 3.25. The van der Waals surface area contributed by atoms with Crippen LogP contribution >= 0.6 is 0 Å². The SMILES string of the molecule is CC[C@@]1(O)CC[C@H]2[C@@H](CC[C@@H]3[C@@H]2CC[C@]2(C)[C@@H](C(=O)Cn4nnc(C)n4)CC[C@@H]32)C1. The number of hydrogen-bond acceptors (Lipinski definition) is 5. The van der Waals surface area contributed by atoms with Gasteiger partial charge in [0.25, 0.3) is 0 Å². The standard InChI is InChI=1S/C24H38N4O2/c1-4-24(30)12-10-17-16(13-24)5-6-19-18(17)9-11-23(3)20(19)7-8-21(23)22(29)14-28-26-15(2)25-27-28/h16-21,30H,4-14H2,1-3H3/t16-,17-,18+,19+,20-,21+,23-,24+/m0/s1. The fourth-order valence-electron chi connectivity index (χ4n) is 8.45. The summed E-state index contributed by atoms with van der Waals surface area (Å²) in [7, 11) is 0. The molecule has 4 saturated carbocycles. The van der Waals surface area contributed by atoms with Crippen molar-refractivity contribution in [2.45, 2.75) is 97.1 Å². The molecule has 1 aromatic rings. The minimum absolute atomic E-state index is 0.138. The monoisotopic (exact) mass is 414 g/mol. The van der Waals surface area contributed by atoms with E-state index in [0.717, 1.165) is 49.4 Å². The van der Waals surface area contributed by atoms with Crippen LogP contribution in [0.4, 0.5) is 0 Å². The van der Waals surface area contributed by atoms with Gasteiger partial charge in [0.1, 0.15) is 6.54 Å². The van der Waals surface area contributed by atoms with Crippen LogP contribution < -0.4 is 0 Å². The molecular formula is C24H38N4O2. The Labute approximate surface area is 180 Å². The molecule has 1 N–H and O–H groups in total. The van der Waals surface area contributed by atoms with Crippen molar-refractivity contribution < 1.29 is 9.90 Å². The lowest BCUT2D eigenvalue weighted by atomic mass is 9.48. The van der Waals surface area contributed by atoms with E-state index >= 15 is 0 Å². The summed E-state index contributed by atoms with van der Waals surface area (Å²) >= 11 is 0. The van der Waals surface area contributed by atoms with Gasteiger partial charge in [-0.3, -0.25) is 4.79 Å². The van der Waals surface area contributed by atoms with Crippen molar-refractivity contribution in [1.29, 1.82) is 0 Å². The zero-order chi connectivity index (χ0) is 21.1. The molecule has 4 aliphatic rings. The molecule has 5 rings (SSSR count). The predicted molar refractivity (Wildman–Crippen MR) is 113 cm³/mol. The van der Waals surface area contributed by atoms with E-state index in [4.69, 9.17) is 0 Å². The van der Waals surface area contributed by atoms with Crippen LogP contribution in [0.1, 0.15) is 83.9 Å². The predicted octanol–water partition coefficient (Wildman–Crippen LogP) is 3.96. The highest BCUT2D eigenvalue weighted by Crippen LogP contribution is 2.64. The molecule has 166 valence electrons. The summed E-state index contributed by atoms with van der Waals surface area (Å²) in [6, 6.07) is 0. The number of nitrogens with zero attached hydrogens (tertiary/aromatic N) is 4. The van der Waals surface area contributed by atoms with Crippen molar-refractivity contribution in [1.82, 2.24) is 20.2 Å². The number of aryl methyl sites for hydroxylation is 1. The average Bonchev–Trinajstić information content (AvgIpc) is 3.29. The summed E-state index contributed by atoms with van der Waals surface area (Å²) in [4.78, 5) is 14.7. The van der Waals surface area contributed by atoms with Crippen molar-refractivity contribution in [2.75, 3.05) is 0 Å². The third-order valence-electron chi connectivity index (χ3n) is 10.0. The highest BCUT2D eigenvalue weighted by Gasteiger charge is 2.58. The second kappa shape index (κ2) is 7.39. The number of aromatic nitrogens is 4. The Hall–Kier alpha value is -1.30. The first-order valence-corrected chi connectivity index (χ1v) is 12.3. The van der Waals surface area contributed by atoms with Crippen LogP contribution in [0.25, 0.3) is 0 Å². The van der Waals surface area contributed by atoms with Crippen LogP contribution in [-0.4, -0.2) is 36.7 Å². The Balaban J connectivity index is 1.30. The lowest BCUT2D eigenvalue weighted by molar-refractivity contribution is -0.133. The number of Topliss-reactive ketones (excluding diaryl/α,β-unsaturated/α-hetero) is 1. The van der Waals surface area contributed by atoms with Crippen LogP contribution in [0.15, 0.2) is 0 Å². The van der Waals surface area contributed by atoms with Crippen LogP contribution in [-0.2, 0) is 11.3 Å². The molecule has 0 radical (unpaired) electrons. The van der Waals surface area contributed by atoms with Gasteiger partial charge in [0, 0.05) is 5.92 Å². The van der Waals surface area contributed by atoms with Crippen LogP contribution in [0.5, 0.6) is 0 Å². The molecule has 1 heterocycles. The van der Waals surface area contributed by atoms with Gasteiger partial charge < -0.3 is 5.11 Å². The Morgan fingerprint density at radius 3 is 2.63 bits per heavy atom. The summed E-state index contributed by atoms with van der Waals surface area (Å²) in [5.41, 5.74) is -0.269. The van der Waals surface area contributed by atoms with E-state index in [1.54, 1.807) is 0 Å². The van der Waals surface area contributed by atoms with E-state index in [1.807, 2.05) is 6.92 Å². The van der Waals surface area contributed by atoms with Crippen LogP contribution in [0.2, 0.25) is 0 Å². The zero-order valence-corrected chi connectivity index (χ0v) is 18.9. The van der Waals surface area contributed by atoms with E-state index in [9.17, 15) is 9.90 Å². The molecule has 6 nitrogen and oxygen atoms in total. The van der Waals surface area contributed by atoms with Crippen LogP contribution in [0, 0.1) is 47.8 Å². The number of tetrazole rings is 1. The molecule has 0 saturated heterocycles. The van der Waals surface area contributed by atoms with Gasteiger partial charge in [-0.15, -0.1) is 10.2 Å². The van der Waals surface area contributed by atoms with Gasteiger partial charge in [0.15, 0.2) is 11.6 Å². The minimum Gasteiger partial charge on any atom is -0.390 e. The fourth-order valence-corrected chi connectivity index (χ4v) is 8.45. The first-order chi connectivity index (χ1) is 14.3. The maximum absolute atomic E-state index is 13.2. The summed E-state index contributed by atoms with van der Waals surface area (Å²) in [5, 5.41) is 23.0. The van der Waals surface area contributed by atoms with Crippen molar-refractivity contribution in [2.24, 2.45) is 40.9 Å². The number of hydrogen-bond donors (Lipinski definition) is 1. The van der Waals surface area contributed by atoms with Gasteiger partial charge in [0.2, 0.25) is 0 Å². The highest BCUT2D eigenvalue weighted by atomic mass is 16.3. The number of carbonyl (C=O) groups excluding carboxylic acids is 1. The minimum atomic E-state index is -0.407. The molecule has 4 aliphatic carbocycles. The molecule has 1 aromatic heterocycles. The summed E-state index contributed by atoms with van der Waals surface area (Å²) in [6.45, 7) is 6.63. The van der Waals surface area contributed by atoms with E-state index in [1.165, 1.54) is 43.3 Å². The van der Waals surface area contributed by atoms with E-state index in [0.29, 0.717) is 17.5 Å². The number of rotatable bonds is 4. The van der Waals surface area contributed by atoms with Gasteiger partial charge in [-0.2, -0.15) is 4.80 Å². The molecule has 8 atom stereocenters. The lowest BCUT2D eigenvalue weighted by Crippen LogP contribution is -2.51. The van der Waals surface area contributed by atoms with E-state index in [-0.39, 0.29) is 17.9 Å². The highest BCUT2D eigenvalue weighted by molar-refractivity contribution is 5.81. The summed E-state index contributed by atoms with van der Waals surface area (Å²) in [6.07, 6.45) is 11.4. The largest absolute Gasteiger partial charge is 0.390 e. The van der Waals surface area contributed by atoms with Gasteiger partial charge in [0.05, 0.1) is 5.60 Å². The van der Waals surface area contributed by atoms with Crippen molar-refractivity contribution in [3.05, 3.63) is 5.82 Å².